The highest BCUT2D eigenvalue weighted by Crippen LogP contribution is 2.45. The SMILES string of the molecule is CCOc1ccccc1C1Nc2ccccc2N=C2CC(c3ccc(Cl)cc3)CC(=O)C21. The van der Waals surface area contributed by atoms with Gasteiger partial charge in [-0.25, -0.2) is 0 Å². The molecular formula is C27H25ClN2O2. The van der Waals surface area contributed by atoms with Gasteiger partial charge in [0.1, 0.15) is 11.5 Å². The van der Waals surface area contributed by atoms with Crippen LogP contribution in [0.25, 0.3) is 0 Å². The number of carbonyl (C=O) groups is 1. The molecule has 1 heterocycles. The Bertz CT molecular complexity index is 1170. The number of fused-ring (bicyclic) bond motifs is 2. The quantitative estimate of drug-likeness (QED) is 0.484. The molecule has 1 aliphatic heterocycles. The summed E-state index contributed by atoms with van der Waals surface area (Å²) >= 11 is 6.08. The van der Waals surface area contributed by atoms with E-state index in [9.17, 15) is 4.79 Å². The molecule has 3 unspecified atom stereocenters. The number of Topliss-reactive ketones (excluding diaryl/α,β-unsaturated/α-hetero) is 1. The van der Waals surface area contributed by atoms with Crippen LogP contribution in [-0.2, 0) is 4.79 Å². The van der Waals surface area contributed by atoms with Gasteiger partial charge in [0.25, 0.3) is 0 Å². The summed E-state index contributed by atoms with van der Waals surface area (Å²) in [4.78, 5) is 18.7. The monoisotopic (exact) mass is 444 g/mol. The Morgan fingerprint density at radius 3 is 2.56 bits per heavy atom. The van der Waals surface area contributed by atoms with Gasteiger partial charge in [0.05, 0.1) is 29.9 Å². The average Bonchev–Trinajstić information content (AvgIpc) is 2.97. The number of hydrogen-bond acceptors (Lipinski definition) is 4. The lowest BCUT2D eigenvalue weighted by molar-refractivity contribution is -0.122. The zero-order valence-corrected chi connectivity index (χ0v) is 18.7. The van der Waals surface area contributed by atoms with Gasteiger partial charge in [0.15, 0.2) is 0 Å². The van der Waals surface area contributed by atoms with Gasteiger partial charge in [-0.1, -0.05) is 54.1 Å². The maximum Gasteiger partial charge on any atom is 0.144 e. The van der Waals surface area contributed by atoms with Crippen LogP contribution in [0, 0.1) is 5.92 Å². The number of aliphatic imine (C=N–C) groups is 1. The van der Waals surface area contributed by atoms with Crippen molar-refractivity contribution in [2.75, 3.05) is 11.9 Å². The van der Waals surface area contributed by atoms with Crippen LogP contribution in [0.2, 0.25) is 5.02 Å². The first kappa shape index (κ1) is 20.8. The Morgan fingerprint density at radius 2 is 1.75 bits per heavy atom. The molecule has 3 aromatic rings. The molecular weight excluding hydrogens is 420 g/mol. The van der Waals surface area contributed by atoms with E-state index < -0.39 is 0 Å². The molecule has 3 atom stereocenters. The van der Waals surface area contributed by atoms with Crippen molar-refractivity contribution in [3.8, 4) is 5.75 Å². The minimum Gasteiger partial charge on any atom is -0.494 e. The molecule has 2 aliphatic rings. The van der Waals surface area contributed by atoms with Crippen molar-refractivity contribution in [1.29, 1.82) is 0 Å². The Morgan fingerprint density at radius 1 is 1.00 bits per heavy atom. The third-order valence-corrected chi connectivity index (χ3v) is 6.57. The molecule has 0 spiro atoms. The smallest absolute Gasteiger partial charge is 0.144 e. The molecule has 1 saturated carbocycles. The molecule has 0 amide bonds. The number of anilines is 1. The molecule has 0 radical (unpaired) electrons. The van der Waals surface area contributed by atoms with E-state index >= 15 is 0 Å². The van der Waals surface area contributed by atoms with Gasteiger partial charge in [0.2, 0.25) is 0 Å². The molecule has 0 bridgehead atoms. The van der Waals surface area contributed by atoms with Crippen molar-refractivity contribution < 1.29 is 9.53 Å². The number of carbonyl (C=O) groups excluding carboxylic acids is 1. The van der Waals surface area contributed by atoms with E-state index in [0.29, 0.717) is 18.1 Å². The largest absolute Gasteiger partial charge is 0.494 e. The first-order chi connectivity index (χ1) is 15.6. The van der Waals surface area contributed by atoms with Crippen LogP contribution in [0.15, 0.2) is 77.8 Å². The van der Waals surface area contributed by atoms with Crippen molar-refractivity contribution in [3.05, 3.63) is 88.9 Å². The number of halogens is 1. The summed E-state index contributed by atoms with van der Waals surface area (Å²) in [6, 6.07) is 23.6. The zero-order valence-electron chi connectivity index (χ0n) is 17.9. The van der Waals surface area contributed by atoms with Gasteiger partial charge >= 0.3 is 0 Å². The predicted molar refractivity (Wildman–Crippen MR) is 129 cm³/mol. The minimum absolute atomic E-state index is 0.0998. The fraction of sp³-hybridized carbons (Fsp3) is 0.259. The molecule has 5 heteroatoms. The first-order valence-electron chi connectivity index (χ1n) is 11.1. The number of para-hydroxylation sites is 3. The molecule has 1 aliphatic carbocycles. The summed E-state index contributed by atoms with van der Waals surface area (Å²) in [6.07, 6.45) is 1.22. The lowest BCUT2D eigenvalue weighted by atomic mass is 9.72. The third kappa shape index (κ3) is 3.91. The van der Waals surface area contributed by atoms with Crippen LogP contribution < -0.4 is 10.1 Å². The number of benzene rings is 3. The van der Waals surface area contributed by atoms with Crippen molar-refractivity contribution in [2.24, 2.45) is 10.9 Å². The van der Waals surface area contributed by atoms with E-state index in [1.165, 1.54) is 0 Å². The van der Waals surface area contributed by atoms with Crippen LogP contribution >= 0.6 is 11.6 Å². The lowest BCUT2D eigenvalue weighted by Crippen LogP contribution is -2.38. The maximum atomic E-state index is 13.6. The summed E-state index contributed by atoms with van der Waals surface area (Å²) in [6.45, 7) is 2.54. The molecule has 1 N–H and O–H groups in total. The number of ether oxygens (including phenoxy) is 1. The Labute approximate surface area is 193 Å². The van der Waals surface area contributed by atoms with Gasteiger partial charge in [0, 0.05) is 22.7 Å². The molecule has 4 nitrogen and oxygen atoms in total. The van der Waals surface area contributed by atoms with Crippen LogP contribution in [0.1, 0.15) is 42.9 Å². The van der Waals surface area contributed by atoms with E-state index in [1.807, 2.05) is 79.7 Å². The van der Waals surface area contributed by atoms with E-state index in [0.717, 1.165) is 40.4 Å². The molecule has 3 aromatic carbocycles. The highest BCUT2D eigenvalue weighted by atomic mass is 35.5. The number of ketones is 1. The highest BCUT2D eigenvalue weighted by molar-refractivity contribution is 6.30. The second kappa shape index (κ2) is 8.79. The summed E-state index contributed by atoms with van der Waals surface area (Å²) in [5, 5.41) is 4.33. The Balaban J connectivity index is 1.59. The zero-order chi connectivity index (χ0) is 22.1. The van der Waals surface area contributed by atoms with Crippen LogP contribution in [0.3, 0.4) is 0 Å². The van der Waals surface area contributed by atoms with E-state index in [4.69, 9.17) is 21.3 Å². The first-order valence-corrected chi connectivity index (χ1v) is 11.4. The number of nitrogens with zero attached hydrogens (tertiary/aromatic N) is 1. The summed E-state index contributed by atoms with van der Waals surface area (Å²) in [5.74, 6) is 0.765. The molecule has 1 fully saturated rings. The molecule has 32 heavy (non-hydrogen) atoms. The van der Waals surface area contributed by atoms with Crippen molar-refractivity contribution in [1.82, 2.24) is 0 Å². The van der Waals surface area contributed by atoms with Crippen LogP contribution in [-0.4, -0.2) is 18.1 Å². The fourth-order valence-corrected chi connectivity index (χ4v) is 4.98. The molecule has 162 valence electrons. The number of rotatable bonds is 4. The topological polar surface area (TPSA) is 50.7 Å². The molecule has 0 saturated heterocycles. The Kier molecular flexibility index (Phi) is 5.71. The van der Waals surface area contributed by atoms with E-state index in [-0.39, 0.29) is 23.7 Å². The molecule has 0 aromatic heterocycles. The van der Waals surface area contributed by atoms with Gasteiger partial charge in [-0.15, -0.1) is 0 Å². The number of nitrogens with one attached hydrogen (secondary N) is 1. The van der Waals surface area contributed by atoms with Crippen LogP contribution in [0.4, 0.5) is 11.4 Å². The van der Waals surface area contributed by atoms with Gasteiger partial charge in [-0.2, -0.15) is 0 Å². The second-order valence-corrected chi connectivity index (χ2v) is 8.75. The van der Waals surface area contributed by atoms with Gasteiger partial charge in [-0.05, 0) is 55.2 Å². The van der Waals surface area contributed by atoms with E-state index in [2.05, 4.69) is 5.32 Å². The van der Waals surface area contributed by atoms with Gasteiger partial charge < -0.3 is 10.1 Å². The normalized spacial score (nSPS) is 22.1. The van der Waals surface area contributed by atoms with Crippen LogP contribution in [0.5, 0.6) is 5.75 Å². The fourth-order valence-electron chi connectivity index (χ4n) is 4.85. The number of hydrogen-bond donors (Lipinski definition) is 1. The average molecular weight is 445 g/mol. The molecule has 5 rings (SSSR count). The predicted octanol–water partition coefficient (Wildman–Crippen LogP) is 6.74. The lowest BCUT2D eigenvalue weighted by Gasteiger charge is -2.34. The van der Waals surface area contributed by atoms with Crippen molar-refractivity contribution in [3.63, 3.8) is 0 Å². The summed E-state index contributed by atoms with van der Waals surface area (Å²) < 4.78 is 5.93. The van der Waals surface area contributed by atoms with E-state index in [1.54, 1.807) is 0 Å². The third-order valence-electron chi connectivity index (χ3n) is 6.32. The standard InChI is InChI=1S/C27H25ClN2O2/c1-2-32-25-10-6-3-7-20(25)27-26-23(29-21-8-4-5-9-22(21)30-27)15-18(16-24(26)31)17-11-13-19(28)14-12-17/h3-14,18,26-27,30H,2,15-16H2,1H3. The van der Waals surface area contributed by atoms with Gasteiger partial charge in [-0.3, -0.25) is 9.79 Å². The maximum absolute atomic E-state index is 13.6. The summed E-state index contributed by atoms with van der Waals surface area (Å²) in [7, 11) is 0. The highest BCUT2D eigenvalue weighted by Gasteiger charge is 2.42. The second-order valence-electron chi connectivity index (χ2n) is 8.31. The van der Waals surface area contributed by atoms with Crippen molar-refractivity contribution in [2.45, 2.75) is 31.7 Å². The summed E-state index contributed by atoms with van der Waals surface area (Å²) in [5.41, 5.74) is 4.84. The minimum atomic E-state index is -0.340. The van der Waals surface area contributed by atoms with Crippen molar-refractivity contribution >= 4 is 34.5 Å². The Hall–Kier alpha value is -3.11.